The molecule has 1 rings (SSSR count). The Labute approximate surface area is 64.9 Å². The molecule has 1 amide bonds. The summed E-state index contributed by atoms with van der Waals surface area (Å²) in [6, 6.07) is -0.237. The second-order valence-electron chi connectivity index (χ2n) is 3.08. The van der Waals surface area contributed by atoms with Gasteiger partial charge in [0.25, 0.3) is 0 Å². The Kier molecular flexibility index (Phi) is 2.44. The molecule has 4 heteroatoms. The number of halogens is 1. The maximum atomic E-state index is 12.7. The molecule has 3 nitrogen and oxygen atoms in total. The number of nitrogens with two attached hydrogens (primary N) is 2. The van der Waals surface area contributed by atoms with E-state index in [1.54, 1.807) is 0 Å². The van der Waals surface area contributed by atoms with E-state index >= 15 is 0 Å². The average Bonchev–Trinajstić information content (AvgIpc) is 1.94. The van der Waals surface area contributed by atoms with Crippen molar-refractivity contribution < 1.29 is 9.18 Å². The van der Waals surface area contributed by atoms with Crippen LogP contribution in [0, 0.1) is 5.92 Å². The second kappa shape index (κ2) is 3.17. The SMILES string of the molecule is NC(=O)C1CC(F)CCC1N. The van der Waals surface area contributed by atoms with E-state index in [9.17, 15) is 9.18 Å². The van der Waals surface area contributed by atoms with Gasteiger partial charge in [-0.3, -0.25) is 4.79 Å². The average molecular weight is 160 g/mol. The van der Waals surface area contributed by atoms with Crippen molar-refractivity contribution in [2.45, 2.75) is 31.5 Å². The molecule has 0 aromatic heterocycles. The fourth-order valence-corrected chi connectivity index (χ4v) is 1.47. The normalized spacial score (nSPS) is 38.5. The molecular formula is C7H13FN2O. The molecule has 0 aliphatic heterocycles. The Morgan fingerprint density at radius 2 is 2.09 bits per heavy atom. The minimum Gasteiger partial charge on any atom is -0.369 e. The fourth-order valence-electron chi connectivity index (χ4n) is 1.47. The first-order chi connectivity index (χ1) is 5.11. The maximum absolute atomic E-state index is 12.7. The van der Waals surface area contributed by atoms with E-state index in [-0.39, 0.29) is 12.5 Å². The Morgan fingerprint density at radius 1 is 1.45 bits per heavy atom. The number of amides is 1. The molecule has 0 heterocycles. The Hall–Kier alpha value is -0.640. The van der Waals surface area contributed by atoms with Gasteiger partial charge in [0, 0.05) is 6.04 Å². The minimum atomic E-state index is -0.896. The van der Waals surface area contributed by atoms with Crippen molar-refractivity contribution in [2.24, 2.45) is 17.4 Å². The zero-order valence-corrected chi connectivity index (χ0v) is 6.29. The van der Waals surface area contributed by atoms with Gasteiger partial charge in [0.05, 0.1) is 5.92 Å². The number of primary amides is 1. The van der Waals surface area contributed by atoms with Crippen LogP contribution in [-0.4, -0.2) is 18.1 Å². The summed E-state index contributed by atoms with van der Waals surface area (Å²) in [5, 5.41) is 0. The van der Waals surface area contributed by atoms with Gasteiger partial charge in [-0.15, -0.1) is 0 Å². The molecule has 0 bridgehead atoms. The summed E-state index contributed by atoms with van der Waals surface area (Å²) >= 11 is 0. The van der Waals surface area contributed by atoms with Gasteiger partial charge in [-0.2, -0.15) is 0 Å². The first-order valence-electron chi connectivity index (χ1n) is 3.80. The largest absolute Gasteiger partial charge is 0.369 e. The quantitative estimate of drug-likeness (QED) is 0.564. The molecular weight excluding hydrogens is 147 g/mol. The van der Waals surface area contributed by atoms with E-state index in [0.29, 0.717) is 12.8 Å². The highest BCUT2D eigenvalue weighted by Crippen LogP contribution is 2.25. The molecule has 11 heavy (non-hydrogen) atoms. The van der Waals surface area contributed by atoms with Crippen LogP contribution >= 0.6 is 0 Å². The van der Waals surface area contributed by atoms with Crippen LogP contribution in [0.2, 0.25) is 0 Å². The molecule has 3 atom stereocenters. The lowest BCUT2D eigenvalue weighted by Crippen LogP contribution is -2.43. The van der Waals surface area contributed by atoms with E-state index in [1.165, 1.54) is 0 Å². The Bertz CT molecular complexity index is 163. The van der Waals surface area contributed by atoms with Gasteiger partial charge < -0.3 is 11.5 Å². The summed E-state index contributed by atoms with van der Waals surface area (Å²) in [4.78, 5) is 10.7. The summed E-state index contributed by atoms with van der Waals surface area (Å²) in [7, 11) is 0. The van der Waals surface area contributed by atoms with Crippen molar-refractivity contribution >= 4 is 5.91 Å². The third-order valence-electron chi connectivity index (χ3n) is 2.21. The second-order valence-corrected chi connectivity index (χ2v) is 3.08. The highest BCUT2D eigenvalue weighted by molar-refractivity contribution is 5.77. The summed E-state index contributed by atoms with van der Waals surface area (Å²) in [6.45, 7) is 0. The number of hydrogen-bond donors (Lipinski definition) is 2. The lowest BCUT2D eigenvalue weighted by Gasteiger charge is -2.27. The summed E-state index contributed by atoms with van der Waals surface area (Å²) < 4.78 is 12.7. The van der Waals surface area contributed by atoms with E-state index in [4.69, 9.17) is 11.5 Å². The molecule has 1 aliphatic rings. The zero-order valence-electron chi connectivity index (χ0n) is 6.29. The molecule has 1 aliphatic carbocycles. The Morgan fingerprint density at radius 3 is 2.55 bits per heavy atom. The monoisotopic (exact) mass is 160 g/mol. The maximum Gasteiger partial charge on any atom is 0.222 e. The first kappa shape index (κ1) is 8.46. The van der Waals surface area contributed by atoms with Crippen molar-refractivity contribution in [3.63, 3.8) is 0 Å². The molecule has 1 fully saturated rings. The number of rotatable bonds is 1. The van der Waals surface area contributed by atoms with Crippen LogP contribution in [0.5, 0.6) is 0 Å². The van der Waals surface area contributed by atoms with Crippen molar-refractivity contribution in [3.05, 3.63) is 0 Å². The van der Waals surface area contributed by atoms with Crippen LogP contribution in [0.3, 0.4) is 0 Å². The predicted molar refractivity (Wildman–Crippen MR) is 39.4 cm³/mol. The first-order valence-corrected chi connectivity index (χ1v) is 3.80. The third-order valence-corrected chi connectivity index (χ3v) is 2.21. The number of carbonyl (C=O) groups excluding carboxylic acids is 1. The van der Waals surface area contributed by atoms with Gasteiger partial charge in [-0.05, 0) is 19.3 Å². The van der Waals surface area contributed by atoms with Crippen LogP contribution in [0.4, 0.5) is 4.39 Å². The molecule has 1 saturated carbocycles. The molecule has 0 aromatic rings. The molecule has 0 spiro atoms. The van der Waals surface area contributed by atoms with Crippen LogP contribution in [0.15, 0.2) is 0 Å². The standard InChI is InChI=1S/C7H13FN2O/c8-4-1-2-6(9)5(3-4)7(10)11/h4-6H,1-3,9H2,(H2,10,11). The highest BCUT2D eigenvalue weighted by atomic mass is 19.1. The van der Waals surface area contributed by atoms with Crippen LogP contribution in [0.1, 0.15) is 19.3 Å². The van der Waals surface area contributed by atoms with Crippen molar-refractivity contribution in [2.75, 3.05) is 0 Å². The number of carbonyl (C=O) groups is 1. The Balaban J connectivity index is 2.54. The molecule has 0 saturated heterocycles. The van der Waals surface area contributed by atoms with Crippen LogP contribution in [0.25, 0.3) is 0 Å². The van der Waals surface area contributed by atoms with Crippen molar-refractivity contribution in [3.8, 4) is 0 Å². The molecule has 0 aromatic carbocycles. The van der Waals surface area contributed by atoms with Gasteiger partial charge in [-0.1, -0.05) is 0 Å². The van der Waals surface area contributed by atoms with Crippen LogP contribution in [-0.2, 0) is 4.79 Å². The van der Waals surface area contributed by atoms with Gasteiger partial charge in [0.15, 0.2) is 0 Å². The number of alkyl halides is 1. The molecule has 0 radical (unpaired) electrons. The minimum absolute atomic E-state index is 0.205. The summed E-state index contributed by atoms with van der Waals surface area (Å²) in [6.07, 6.45) is 0.336. The molecule has 3 unspecified atom stereocenters. The van der Waals surface area contributed by atoms with Crippen LogP contribution < -0.4 is 11.5 Å². The summed E-state index contributed by atoms with van der Waals surface area (Å²) in [5.41, 5.74) is 10.6. The van der Waals surface area contributed by atoms with E-state index in [0.717, 1.165) is 0 Å². The van der Waals surface area contributed by atoms with Gasteiger partial charge >= 0.3 is 0 Å². The van der Waals surface area contributed by atoms with Crippen molar-refractivity contribution in [1.82, 2.24) is 0 Å². The third kappa shape index (κ3) is 1.89. The van der Waals surface area contributed by atoms with E-state index < -0.39 is 18.0 Å². The topological polar surface area (TPSA) is 69.1 Å². The highest BCUT2D eigenvalue weighted by Gasteiger charge is 2.31. The van der Waals surface area contributed by atoms with Gasteiger partial charge in [0.1, 0.15) is 6.17 Å². The van der Waals surface area contributed by atoms with E-state index in [1.807, 2.05) is 0 Å². The van der Waals surface area contributed by atoms with Gasteiger partial charge in [-0.25, -0.2) is 4.39 Å². The van der Waals surface area contributed by atoms with E-state index in [2.05, 4.69) is 0 Å². The summed E-state index contributed by atoms with van der Waals surface area (Å²) in [5.74, 6) is -0.932. The fraction of sp³-hybridized carbons (Fsp3) is 0.857. The molecule has 64 valence electrons. The van der Waals surface area contributed by atoms with Crippen molar-refractivity contribution in [1.29, 1.82) is 0 Å². The lowest BCUT2D eigenvalue weighted by molar-refractivity contribution is -0.123. The zero-order chi connectivity index (χ0) is 8.43. The number of hydrogen-bond acceptors (Lipinski definition) is 2. The smallest absolute Gasteiger partial charge is 0.222 e. The predicted octanol–water partition coefficient (Wildman–Crippen LogP) is -0.0628. The molecule has 4 N–H and O–H groups in total. The van der Waals surface area contributed by atoms with Gasteiger partial charge in [0.2, 0.25) is 5.91 Å². The lowest BCUT2D eigenvalue weighted by atomic mass is 9.83.